The largest absolute Gasteiger partial charge is 0.378 e. The molecule has 3 fully saturated rings. The van der Waals surface area contributed by atoms with Gasteiger partial charge in [0.2, 0.25) is 0 Å². The van der Waals surface area contributed by atoms with Crippen LogP contribution in [0.25, 0.3) is 0 Å². The molecule has 1 aliphatic heterocycles. The zero-order chi connectivity index (χ0) is 11.9. The van der Waals surface area contributed by atoms with Gasteiger partial charge in [-0.2, -0.15) is 0 Å². The first-order valence-electron chi connectivity index (χ1n) is 7.51. The van der Waals surface area contributed by atoms with E-state index in [4.69, 9.17) is 4.74 Å². The van der Waals surface area contributed by atoms with E-state index in [9.17, 15) is 0 Å². The van der Waals surface area contributed by atoms with Crippen molar-refractivity contribution in [1.29, 1.82) is 0 Å². The fourth-order valence-corrected chi connectivity index (χ4v) is 3.38. The van der Waals surface area contributed by atoms with Crippen molar-refractivity contribution >= 4 is 0 Å². The van der Waals surface area contributed by atoms with E-state index in [0.29, 0.717) is 17.1 Å². The molecule has 0 N–H and O–H groups in total. The highest BCUT2D eigenvalue weighted by molar-refractivity contribution is 5.08. The molecule has 3 aliphatic rings. The van der Waals surface area contributed by atoms with Crippen LogP contribution < -0.4 is 0 Å². The molecule has 0 atom stereocenters. The minimum atomic E-state index is 0.392. The number of hydrogen-bond acceptors (Lipinski definition) is 2. The highest BCUT2D eigenvalue weighted by atomic mass is 16.5. The highest BCUT2D eigenvalue weighted by Gasteiger charge is 2.53. The third kappa shape index (κ3) is 2.53. The molecule has 2 saturated carbocycles. The minimum absolute atomic E-state index is 0.392. The second kappa shape index (κ2) is 4.24. The molecule has 0 aromatic rings. The van der Waals surface area contributed by atoms with Crippen LogP contribution in [0.15, 0.2) is 0 Å². The van der Waals surface area contributed by atoms with Crippen molar-refractivity contribution in [3.63, 3.8) is 0 Å². The van der Waals surface area contributed by atoms with Crippen LogP contribution in [-0.4, -0.2) is 36.2 Å². The van der Waals surface area contributed by atoms with Crippen molar-refractivity contribution < 1.29 is 4.74 Å². The molecule has 2 aliphatic carbocycles. The van der Waals surface area contributed by atoms with Gasteiger partial charge in [-0.3, -0.25) is 4.90 Å². The van der Waals surface area contributed by atoms with E-state index < -0.39 is 0 Å². The monoisotopic (exact) mass is 237 g/mol. The Kier molecular flexibility index (Phi) is 2.99. The normalized spacial score (nSPS) is 29.8. The molecule has 0 bridgehead atoms. The van der Waals surface area contributed by atoms with Crippen molar-refractivity contribution in [3.05, 3.63) is 0 Å². The summed E-state index contributed by atoms with van der Waals surface area (Å²) in [5.41, 5.74) is 1.20. The average molecular weight is 237 g/mol. The number of ether oxygens (including phenoxy) is 1. The maximum atomic E-state index is 5.87. The molecule has 0 amide bonds. The second-order valence-electron chi connectivity index (χ2n) is 6.96. The van der Waals surface area contributed by atoms with Crippen molar-refractivity contribution in [2.24, 2.45) is 5.41 Å². The first kappa shape index (κ1) is 12.0. The lowest BCUT2D eigenvalue weighted by Gasteiger charge is -2.38. The van der Waals surface area contributed by atoms with Gasteiger partial charge in [0.15, 0.2) is 0 Å². The third-order valence-electron chi connectivity index (χ3n) is 5.02. The Balaban J connectivity index is 1.55. The van der Waals surface area contributed by atoms with Gasteiger partial charge in [0, 0.05) is 17.5 Å². The topological polar surface area (TPSA) is 12.5 Å². The SMILES string of the molecule is CC(C)OCC1(CN2CCCCC23CC3)CC1. The average Bonchev–Trinajstić information content (AvgIpc) is 3.18. The van der Waals surface area contributed by atoms with Gasteiger partial charge in [0.25, 0.3) is 0 Å². The summed E-state index contributed by atoms with van der Waals surface area (Å²) < 4.78 is 5.87. The van der Waals surface area contributed by atoms with Crippen LogP contribution in [0.3, 0.4) is 0 Å². The summed E-state index contributed by atoms with van der Waals surface area (Å²) >= 11 is 0. The van der Waals surface area contributed by atoms with Crippen molar-refractivity contribution in [2.75, 3.05) is 19.7 Å². The summed E-state index contributed by atoms with van der Waals surface area (Å²) in [6.07, 6.45) is 10.5. The predicted octanol–water partition coefficient (Wildman–Crippen LogP) is 3.21. The third-order valence-corrected chi connectivity index (χ3v) is 5.02. The Morgan fingerprint density at radius 2 is 1.82 bits per heavy atom. The maximum Gasteiger partial charge on any atom is 0.0538 e. The number of likely N-dealkylation sites (tertiary alicyclic amines) is 1. The lowest BCUT2D eigenvalue weighted by Crippen LogP contribution is -2.45. The Morgan fingerprint density at radius 3 is 2.41 bits per heavy atom. The van der Waals surface area contributed by atoms with Gasteiger partial charge in [0.1, 0.15) is 0 Å². The Bertz CT molecular complexity index is 279. The van der Waals surface area contributed by atoms with Crippen LogP contribution in [0.5, 0.6) is 0 Å². The molecule has 17 heavy (non-hydrogen) atoms. The Morgan fingerprint density at radius 1 is 1.06 bits per heavy atom. The number of hydrogen-bond donors (Lipinski definition) is 0. The Labute approximate surface area is 106 Å². The lowest BCUT2D eigenvalue weighted by molar-refractivity contribution is 0.0159. The maximum absolute atomic E-state index is 5.87. The molecule has 0 aromatic carbocycles. The molecule has 2 heteroatoms. The van der Waals surface area contributed by atoms with Gasteiger partial charge in [-0.1, -0.05) is 6.42 Å². The van der Waals surface area contributed by atoms with E-state index in [-0.39, 0.29) is 0 Å². The summed E-state index contributed by atoms with van der Waals surface area (Å²) in [6.45, 7) is 7.97. The first-order valence-corrected chi connectivity index (χ1v) is 7.51. The molecule has 0 aromatic heterocycles. The van der Waals surface area contributed by atoms with Gasteiger partial charge >= 0.3 is 0 Å². The summed E-state index contributed by atoms with van der Waals surface area (Å²) in [7, 11) is 0. The fraction of sp³-hybridized carbons (Fsp3) is 1.00. The van der Waals surface area contributed by atoms with E-state index in [1.807, 2.05) is 0 Å². The number of nitrogens with zero attached hydrogens (tertiary/aromatic N) is 1. The predicted molar refractivity (Wildman–Crippen MR) is 70.1 cm³/mol. The number of piperidine rings is 1. The molecule has 0 unspecified atom stereocenters. The first-order chi connectivity index (χ1) is 8.14. The van der Waals surface area contributed by atoms with E-state index in [1.54, 1.807) is 0 Å². The molecule has 3 rings (SSSR count). The zero-order valence-corrected chi connectivity index (χ0v) is 11.5. The van der Waals surface area contributed by atoms with E-state index in [2.05, 4.69) is 18.7 Å². The molecular formula is C15H27NO. The fourth-order valence-electron chi connectivity index (χ4n) is 3.38. The summed E-state index contributed by atoms with van der Waals surface area (Å²) in [5, 5.41) is 0. The standard InChI is InChI=1S/C15H27NO/c1-13(2)17-12-14(6-7-14)11-16-10-4-3-5-15(16)8-9-15/h13H,3-12H2,1-2H3. The van der Waals surface area contributed by atoms with Crippen LogP contribution in [0, 0.1) is 5.41 Å². The van der Waals surface area contributed by atoms with E-state index >= 15 is 0 Å². The van der Waals surface area contributed by atoms with Crippen LogP contribution in [0.2, 0.25) is 0 Å². The molecule has 1 saturated heterocycles. The summed E-state index contributed by atoms with van der Waals surface area (Å²) in [4.78, 5) is 2.83. The quantitative estimate of drug-likeness (QED) is 0.728. The van der Waals surface area contributed by atoms with Crippen molar-refractivity contribution in [3.8, 4) is 0 Å². The van der Waals surface area contributed by atoms with Crippen LogP contribution in [0.4, 0.5) is 0 Å². The van der Waals surface area contributed by atoms with Gasteiger partial charge < -0.3 is 4.74 Å². The van der Waals surface area contributed by atoms with Gasteiger partial charge in [0.05, 0.1) is 12.7 Å². The summed E-state index contributed by atoms with van der Waals surface area (Å²) in [5.74, 6) is 0. The Hall–Kier alpha value is -0.0800. The van der Waals surface area contributed by atoms with Gasteiger partial charge in [-0.25, -0.2) is 0 Å². The summed E-state index contributed by atoms with van der Waals surface area (Å²) in [6, 6.07) is 0. The van der Waals surface area contributed by atoms with Crippen molar-refractivity contribution in [1.82, 2.24) is 4.90 Å². The van der Waals surface area contributed by atoms with Crippen molar-refractivity contribution in [2.45, 2.75) is 70.4 Å². The van der Waals surface area contributed by atoms with Crippen LogP contribution in [-0.2, 0) is 4.74 Å². The molecule has 98 valence electrons. The van der Waals surface area contributed by atoms with E-state index in [1.165, 1.54) is 58.0 Å². The molecule has 1 spiro atoms. The molecule has 2 nitrogen and oxygen atoms in total. The van der Waals surface area contributed by atoms with Gasteiger partial charge in [-0.05, 0) is 58.9 Å². The minimum Gasteiger partial charge on any atom is -0.378 e. The highest BCUT2D eigenvalue weighted by Crippen LogP contribution is 2.53. The smallest absolute Gasteiger partial charge is 0.0538 e. The van der Waals surface area contributed by atoms with E-state index in [0.717, 1.165) is 6.61 Å². The molecule has 1 heterocycles. The van der Waals surface area contributed by atoms with Gasteiger partial charge in [-0.15, -0.1) is 0 Å². The molecular weight excluding hydrogens is 210 g/mol. The second-order valence-corrected chi connectivity index (χ2v) is 6.96. The zero-order valence-electron chi connectivity index (χ0n) is 11.5. The number of rotatable bonds is 5. The lowest BCUT2D eigenvalue weighted by atomic mass is 9.97. The molecule has 0 radical (unpaired) electrons. The van der Waals surface area contributed by atoms with Crippen LogP contribution in [0.1, 0.15) is 58.8 Å². The van der Waals surface area contributed by atoms with Crippen LogP contribution >= 0.6 is 0 Å².